The SMILES string of the molecule is O=C1C(=O)N(c2ccc(C(F)(F)F)cc2)C(c2ccc(O)cc2)/C1=C(/O)c1ccc([N+](=O)[O-])cc1. The highest BCUT2D eigenvalue weighted by Crippen LogP contribution is 2.43. The van der Waals surface area contributed by atoms with Crippen LogP contribution in [-0.4, -0.2) is 26.8 Å². The molecule has 11 heteroatoms. The molecule has 0 spiro atoms. The lowest BCUT2D eigenvalue weighted by Crippen LogP contribution is -2.29. The number of Topliss-reactive ketones (excluding diaryl/α,β-unsaturated/α-hetero) is 1. The first-order valence-corrected chi connectivity index (χ1v) is 10.0. The monoisotopic (exact) mass is 484 g/mol. The number of ketones is 1. The summed E-state index contributed by atoms with van der Waals surface area (Å²) in [6.45, 7) is 0. The molecule has 1 heterocycles. The number of hydrogen-bond donors (Lipinski definition) is 2. The minimum Gasteiger partial charge on any atom is -0.508 e. The number of amides is 1. The van der Waals surface area contributed by atoms with Gasteiger partial charge in [0.25, 0.3) is 17.4 Å². The number of nitro groups is 1. The number of hydrogen-bond acceptors (Lipinski definition) is 6. The van der Waals surface area contributed by atoms with Crippen molar-refractivity contribution in [3.63, 3.8) is 0 Å². The summed E-state index contributed by atoms with van der Waals surface area (Å²) < 4.78 is 39.0. The van der Waals surface area contributed by atoms with E-state index >= 15 is 0 Å². The number of carbonyl (C=O) groups excluding carboxylic acids is 2. The molecule has 0 aromatic heterocycles. The summed E-state index contributed by atoms with van der Waals surface area (Å²) in [5, 5.41) is 31.5. The Labute approximate surface area is 195 Å². The van der Waals surface area contributed by atoms with E-state index in [0.29, 0.717) is 0 Å². The van der Waals surface area contributed by atoms with E-state index in [0.717, 1.165) is 41.3 Å². The van der Waals surface area contributed by atoms with Gasteiger partial charge < -0.3 is 10.2 Å². The van der Waals surface area contributed by atoms with Crippen LogP contribution in [0.3, 0.4) is 0 Å². The molecule has 3 aromatic carbocycles. The summed E-state index contributed by atoms with van der Waals surface area (Å²) in [5.74, 6) is -2.92. The van der Waals surface area contributed by atoms with Gasteiger partial charge >= 0.3 is 6.18 Å². The third-order valence-electron chi connectivity index (χ3n) is 5.48. The van der Waals surface area contributed by atoms with Crippen molar-refractivity contribution in [2.24, 2.45) is 0 Å². The van der Waals surface area contributed by atoms with Crippen LogP contribution < -0.4 is 4.90 Å². The van der Waals surface area contributed by atoms with Gasteiger partial charge in [-0.05, 0) is 54.1 Å². The van der Waals surface area contributed by atoms with Crippen LogP contribution in [0.5, 0.6) is 5.75 Å². The molecular weight excluding hydrogens is 469 g/mol. The number of carbonyl (C=O) groups is 2. The standard InChI is InChI=1S/C24H15F3N2O6/c25-24(26,27)15-5-9-16(10-6-15)28-20(13-3-11-18(30)12-4-13)19(22(32)23(28)33)21(31)14-1-7-17(8-2-14)29(34)35/h1-12,20,30-31H/b21-19-. The summed E-state index contributed by atoms with van der Waals surface area (Å²) in [6, 6.07) is 12.3. The Kier molecular flexibility index (Phi) is 5.77. The Morgan fingerprint density at radius 2 is 1.49 bits per heavy atom. The highest BCUT2D eigenvalue weighted by Gasteiger charge is 2.47. The molecule has 3 aromatic rings. The van der Waals surface area contributed by atoms with Gasteiger partial charge in [-0.15, -0.1) is 0 Å². The van der Waals surface area contributed by atoms with E-state index in [9.17, 15) is 43.1 Å². The van der Waals surface area contributed by atoms with Gasteiger partial charge in [-0.25, -0.2) is 0 Å². The average molecular weight is 484 g/mol. The molecule has 0 radical (unpaired) electrons. The van der Waals surface area contributed by atoms with Gasteiger partial charge in [-0.1, -0.05) is 12.1 Å². The highest BCUT2D eigenvalue weighted by atomic mass is 19.4. The predicted molar refractivity (Wildman–Crippen MR) is 117 cm³/mol. The molecule has 2 N–H and O–H groups in total. The average Bonchev–Trinajstić information content (AvgIpc) is 3.09. The quantitative estimate of drug-likeness (QED) is 0.178. The molecule has 1 saturated heterocycles. The van der Waals surface area contributed by atoms with E-state index in [4.69, 9.17) is 0 Å². The molecule has 1 amide bonds. The van der Waals surface area contributed by atoms with Gasteiger partial charge in [0.1, 0.15) is 11.5 Å². The van der Waals surface area contributed by atoms with Crippen molar-refractivity contribution < 1.29 is 37.9 Å². The van der Waals surface area contributed by atoms with Crippen LogP contribution in [0.15, 0.2) is 78.4 Å². The van der Waals surface area contributed by atoms with Crippen molar-refractivity contribution in [1.82, 2.24) is 0 Å². The number of non-ortho nitro benzene ring substituents is 1. The number of aromatic hydroxyl groups is 1. The smallest absolute Gasteiger partial charge is 0.416 e. The molecular formula is C24H15F3N2O6. The predicted octanol–water partition coefficient (Wildman–Crippen LogP) is 4.95. The molecule has 1 unspecified atom stereocenters. The van der Waals surface area contributed by atoms with Gasteiger partial charge in [-0.3, -0.25) is 24.6 Å². The molecule has 0 bridgehead atoms. The maximum absolute atomic E-state index is 13.0. The Morgan fingerprint density at radius 1 is 0.914 bits per heavy atom. The largest absolute Gasteiger partial charge is 0.508 e. The fourth-order valence-electron chi connectivity index (χ4n) is 3.78. The molecule has 1 atom stereocenters. The molecule has 4 rings (SSSR count). The van der Waals surface area contributed by atoms with E-state index in [1.165, 1.54) is 36.4 Å². The van der Waals surface area contributed by atoms with Gasteiger partial charge in [-0.2, -0.15) is 13.2 Å². The number of aliphatic hydroxyl groups excluding tert-OH is 1. The van der Waals surface area contributed by atoms with E-state index in [1.807, 2.05) is 0 Å². The van der Waals surface area contributed by atoms with Gasteiger partial charge in [0.05, 0.1) is 22.1 Å². The van der Waals surface area contributed by atoms with Gasteiger partial charge in [0.15, 0.2) is 0 Å². The molecule has 1 fully saturated rings. The minimum absolute atomic E-state index is 0.0183. The first kappa shape index (κ1) is 23.5. The second-order valence-electron chi connectivity index (χ2n) is 7.61. The van der Waals surface area contributed by atoms with E-state index in [-0.39, 0.29) is 33.8 Å². The first-order valence-electron chi connectivity index (χ1n) is 10.0. The molecule has 35 heavy (non-hydrogen) atoms. The van der Waals surface area contributed by atoms with Crippen molar-refractivity contribution in [2.45, 2.75) is 12.2 Å². The third kappa shape index (κ3) is 4.31. The van der Waals surface area contributed by atoms with Crippen LogP contribution in [0.2, 0.25) is 0 Å². The Hall–Kier alpha value is -4.67. The minimum atomic E-state index is -4.61. The molecule has 0 saturated carbocycles. The molecule has 0 aliphatic carbocycles. The number of halogens is 3. The van der Waals surface area contributed by atoms with Crippen LogP contribution >= 0.6 is 0 Å². The zero-order valence-electron chi connectivity index (χ0n) is 17.6. The van der Waals surface area contributed by atoms with Crippen LogP contribution in [0.1, 0.15) is 22.7 Å². The number of nitro benzene ring substituents is 1. The first-order chi connectivity index (χ1) is 16.5. The maximum atomic E-state index is 13.0. The number of nitrogens with zero attached hydrogens (tertiary/aromatic N) is 2. The second-order valence-corrected chi connectivity index (χ2v) is 7.61. The zero-order valence-corrected chi connectivity index (χ0v) is 17.6. The number of rotatable bonds is 4. The van der Waals surface area contributed by atoms with E-state index in [1.54, 1.807) is 0 Å². The number of aliphatic hydroxyl groups is 1. The van der Waals surface area contributed by atoms with E-state index < -0.39 is 40.2 Å². The maximum Gasteiger partial charge on any atom is 0.416 e. The number of anilines is 1. The topological polar surface area (TPSA) is 121 Å². The van der Waals surface area contributed by atoms with Crippen LogP contribution in [0.4, 0.5) is 24.5 Å². The fraction of sp³-hybridized carbons (Fsp3) is 0.0833. The summed E-state index contributed by atoms with van der Waals surface area (Å²) >= 11 is 0. The number of alkyl halides is 3. The molecule has 1 aliphatic heterocycles. The number of phenolic OH excluding ortho intramolecular Hbond substituents is 1. The summed E-state index contributed by atoms with van der Waals surface area (Å²) in [7, 11) is 0. The Morgan fingerprint density at radius 3 is 2.00 bits per heavy atom. The summed E-state index contributed by atoms with van der Waals surface area (Å²) in [6.07, 6.45) is -4.61. The molecule has 178 valence electrons. The summed E-state index contributed by atoms with van der Waals surface area (Å²) in [5.41, 5.74) is -1.31. The van der Waals surface area contributed by atoms with Crippen LogP contribution in [0, 0.1) is 10.1 Å². The fourth-order valence-corrected chi connectivity index (χ4v) is 3.78. The zero-order chi connectivity index (χ0) is 25.5. The van der Waals surface area contributed by atoms with Gasteiger partial charge in [0.2, 0.25) is 0 Å². The van der Waals surface area contributed by atoms with Crippen molar-refractivity contribution in [3.8, 4) is 5.75 Å². The lowest BCUT2D eigenvalue weighted by molar-refractivity contribution is -0.384. The highest BCUT2D eigenvalue weighted by molar-refractivity contribution is 6.51. The lowest BCUT2D eigenvalue weighted by atomic mass is 9.95. The Bertz CT molecular complexity index is 1350. The lowest BCUT2D eigenvalue weighted by Gasteiger charge is -2.25. The second kappa shape index (κ2) is 8.60. The number of benzene rings is 3. The normalized spacial score (nSPS) is 17.6. The third-order valence-corrected chi connectivity index (χ3v) is 5.48. The Balaban J connectivity index is 1.88. The van der Waals surface area contributed by atoms with Crippen molar-refractivity contribution >= 4 is 28.8 Å². The van der Waals surface area contributed by atoms with Crippen LogP contribution in [-0.2, 0) is 15.8 Å². The van der Waals surface area contributed by atoms with Crippen molar-refractivity contribution in [2.75, 3.05) is 4.90 Å². The van der Waals surface area contributed by atoms with E-state index in [2.05, 4.69) is 0 Å². The molecule has 1 aliphatic rings. The number of phenols is 1. The van der Waals surface area contributed by atoms with Crippen molar-refractivity contribution in [1.29, 1.82) is 0 Å². The van der Waals surface area contributed by atoms with Crippen molar-refractivity contribution in [3.05, 3.63) is 105 Å². The van der Waals surface area contributed by atoms with Gasteiger partial charge in [0, 0.05) is 23.4 Å². The van der Waals surface area contributed by atoms with Crippen LogP contribution in [0.25, 0.3) is 5.76 Å². The molecule has 8 nitrogen and oxygen atoms in total. The summed E-state index contributed by atoms with van der Waals surface area (Å²) in [4.78, 5) is 37.2.